The van der Waals surface area contributed by atoms with Crippen molar-refractivity contribution in [3.8, 4) is 0 Å². The van der Waals surface area contributed by atoms with Crippen LogP contribution in [0.15, 0.2) is 4.42 Å². The largest absolute Gasteiger partial charge is 0.428 e. The van der Waals surface area contributed by atoms with Crippen LogP contribution in [0.3, 0.4) is 0 Å². The molecule has 0 amide bonds. The van der Waals surface area contributed by atoms with Crippen LogP contribution in [0.5, 0.6) is 0 Å². The number of halogens is 2. The van der Waals surface area contributed by atoms with Gasteiger partial charge in [0.25, 0.3) is 12.4 Å². The van der Waals surface area contributed by atoms with Gasteiger partial charge < -0.3 is 9.73 Å². The fraction of sp³-hybridized carbons (Fsp3) is 0.700. The van der Waals surface area contributed by atoms with Crippen LogP contribution in [0.2, 0.25) is 0 Å². The van der Waals surface area contributed by atoms with Gasteiger partial charge in [0, 0.05) is 12.0 Å². The van der Waals surface area contributed by atoms with Gasteiger partial charge in [0.1, 0.15) is 5.76 Å². The molecule has 1 N–H and O–H groups in total. The summed E-state index contributed by atoms with van der Waals surface area (Å²) in [5.41, 5.74) is -0.229. The van der Waals surface area contributed by atoms with Crippen molar-refractivity contribution in [1.29, 1.82) is 0 Å². The van der Waals surface area contributed by atoms with E-state index in [1.807, 2.05) is 13.8 Å². The van der Waals surface area contributed by atoms with Crippen LogP contribution < -0.4 is 5.32 Å². The number of alkyl halides is 2. The molecule has 0 radical (unpaired) electrons. The molecule has 0 saturated heterocycles. The molecule has 0 bridgehead atoms. The Labute approximate surface area is 86.9 Å². The first kappa shape index (κ1) is 10.4. The minimum absolute atomic E-state index is 0.0729. The predicted octanol–water partition coefficient (Wildman–Crippen LogP) is 3.31. The molecule has 1 aromatic rings. The smallest absolute Gasteiger partial charge is 0.295 e. The van der Waals surface area contributed by atoms with E-state index in [9.17, 15) is 8.78 Å². The van der Waals surface area contributed by atoms with Crippen molar-refractivity contribution in [2.24, 2.45) is 0 Å². The second kappa shape index (κ2) is 3.79. The maximum Gasteiger partial charge on any atom is 0.295 e. The van der Waals surface area contributed by atoms with Crippen LogP contribution in [0, 0.1) is 0 Å². The fourth-order valence-corrected chi connectivity index (χ4v) is 1.38. The van der Waals surface area contributed by atoms with Crippen LogP contribution in [0.4, 0.5) is 14.8 Å². The maximum atomic E-state index is 12.6. The third-order valence-corrected chi connectivity index (χ3v) is 2.32. The highest BCUT2D eigenvalue weighted by Crippen LogP contribution is 2.32. The van der Waals surface area contributed by atoms with Gasteiger partial charge in [-0.05, 0) is 12.8 Å². The summed E-state index contributed by atoms with van der Waals surface area (Å²) in [6.45, 7) is 3.63. The molecule has 0 spiro atoms. The summed E-state index contributed by atoms with van der Waals surface area (Å²) in [6, 6.07) is 0.589. The van der Waals surface area contributed by atoms with Gasteiger partial charge in [0.2, 0.25) is 0 Å². The van der Waals surface area contributed by atoms with Gasteiger partial charge in [-0.25, -0.2) is 8.78 Å². The molecule has 84 valence electrons. The zero-order valence-corrected chi connectivity index (χ0v) is 8.76. The minimum atomic E-state index is -2.57. The summed E-state index contributed by atoms with van der Waals surface area (Å²) in [7, 11) is 0. The van der Waals surface area contributed by atoms with E-state index < -0.39 is 6.43 Å². The summed E-state index contributed by atoms with van der Waals surface area (Å²) in [5.74, 6) is 0.212. The third kappa shape index (κ3) is 2.27. The first-order valence-corrected chi connectivity index (χ1v) is 5.13. The standard InChI is InChI=1S/C10H14F2N2O/c1-5(2)8-7(9(11)12)14-10(15-8)13-6-3-4-6/h5-6,9H,3-4H2,1-2H3,(H,13,14). The van der Waals surface area contributed by atoms with Gasteiger partial charge >= 0.3 is 0 Å². The first-order valence-electron chi connectivity index (χ1n) is 5.13. The Bertz CT molecular complexity index is 320. The van der Waals surface area contributed by atoms with Gasteiger partial charge in [-0.1, -0.05) is 13.8 Å². The van der Waals surface area contributed by atoms with E-state index in [4.69, 9.17) is 4.42 Å². The Balaban J connectivity index is 2.21. The Hall–Kier alpha value is -1.13. The average Bonchev–Trinajstić information content (AvgIpc) is 2.81. The van der Waals surface area contributed by atoms with Crippen LogP contribution in [0.1, 0.15) is 50.5 Å². The molecule has 0 atom stereocenters. The van der Waals surface area contributed by atoms with Gasteiger partial charge in [-0.3, -0.25) is 0 Å². The molecule has 15 heavy (non-hydrogen) atoms. The fourth-order valence-electron chi connectivity index (χ4n) is 1.38. The van der Waals surface area contributed by atoms with E-state index in [-0.39, 0.29) is 23.4 Å². The molecule has 1 saturated carbocycles. The van der Waals surface area contributed by atoms with Crippen molar-refractivity contribution in [2.75, 3.05) is 5.32 Å². The van der Waals surface area contributed by atoms with Crippen LogP contribution in [-0.2, 0) is 0 Å². The molecule has 0 unspecified atom stereocenters. The zero-order valence-electron chi connectivity index (χ0n) is 8.76. The summed E-state index contributed by atoms with van der Waals surface area (Å²) in [5, 5.41) is 2.98. The molecule has 1 heterocycles. The highest BCUT2D eigenvalue weighted by molar-refractivity contribution is 5.30. The topological polar surface area (TPSA) is 38.1 Å². The molecular formula is C10H14F2N2O. The highest BCUT2D eigenvalue weighted by atomic mass is 19.3. The molecule has 1 aliphatic carbocycles. The van der Waals surface area contributed by atoms with Crippen molar-refractivity contribution in [3.63, 3.8) is 0 Å². The second-order valence-electron chi connectivity index (χ2n) is 4.14. The highest BCUT2D eigenvalue weighted by Gasteiger charge is 2.27. The number of oxazole rings is 1. The Morgan fingerprint density at radius 3 is 2.47 bits per heavy atom. The lowest BCUT2D eigenvalue weighted by Gasteiger charge is -2.01. The van der Waals surface area contributed by atoms with E-state index in [2.05, 4.69) is 10.3 Å². The quantitative estimate of drug-likeness (QED) is 0.839. The number of rotatable bonds is 4. The lowest BCUT2D eigenvalue weighted by Crippen LogP contribution is -2.00. The molecule has 5 heteroatoms. The lowest BCUT2D eigenvalue weighted by molar-refractivity contribution is 0.143. The van der Waals surface area contributed by atoms with Crippen molar-refractivity contribution in [3.05, 3.63) is 11.5 Å². The van der Waals surface area contributed by atoms with Crippen molar-refractivity contribution >= 4 is 6.01 Å². The predicted molar refractivity (Wildman–Crippen MR) is 52.2 cm³/mol. The van der Waals surface area contributed by atoms with Gasteiger partial charge in [-0.2, -0.15) is 4.98 Å². The van der Waals surface area contributed by atoms with E-state index >= 15 is 0 Å². The normalized spacial score (nSPS) is 16.4. The lowest BCUT2D eigenvalue weighted by atomic mass is 10.1. The van der Waals surface area contributed by atoms with Crippen LogP contribution in [-0.4, -0.2) is 11.0 Å². The van der Waals surface area contributed by atoms with Crippen molar-refractivity contribution in [1.82, 2.24) is 4.98 Å². The number of aromatic nitrogens is 1. The van der Waals surface area contributed by atoms with E-state index in [0.717, 1.165) is 12.8 Å². The van der Waals surface area contributed by atoms with Gasteiger partial charge in [0.05, 0.1) is 0 Å². The summed E-state index contributed by atoms with van der Waals surface area (Å²) in [6.07, 6.45) is -0.451. The maximum absolute atomic E-state index is 12.6. The molecule has 0 aliphatic heterocycles. The molecule has 1 aliphatic rings. The molecule has 0 aromatic carbocycles. The molecule has 3 nitrogen and oxygen atoms in total. The average molecular weight is 216 g/mol. The van der Waals surface area contributed by atoms with E-state index in [1.165, 1.54) is 0 Å². The number of hydrogen-bond acceptors (Lipinski definition) is 3. The SMILES string of the molecule is CC(C)c1oc(NC2CC2)nc1C(F)F. The third-order valence-electron chi connectivity index (χ3n) is 2.32. The Morgan fingerprint density at radius 2 is 2.07 bits per heavy atom. The monoisotopic (exact) mass is 216 g/mol. The summed E-state index contributed by atoms with van der Waals surface area (Å²) in [4.78, 5) is 3.78. The number of nitrogens with one attached hydrogen (secondary N) is 1. The molecule has 1 fully saturated rings. The van der Waals surface area contributed by atoms with E-state index in [0.29, 0.717) is 6.04 Å². The number of hydrogen-bond donors (Lipinski definition) is 1. The molecule has 1 aromatic heterocycles. The molecule has 2 rings (SSSR count). The van der Waals surface area contributed by atoms with Crippen molar-refractivity contribution in [2.45, 2.75) is 45.1 Å². The van der Waals surface area contributed by atoms with Gasteiger partial charge in [-0.15, -0.1) is 0 Å². The zero-order chi connectivity index (χ0) is 11.0. The summed E-state index contributed by atoms with van der Waals surface area (Å²) >= 11 is 0. The van der Waals surface area contributed by atoms with Crippen LogP contribution >= 0.6 is 0 Å². The Kier molecular flexibility index (Phi) is 2.63. The van der Waals surface area contributed by atoms with E-state index in [1.54, 1.807) is 0 Å². The first-order chi connectivity index (χ1) is 7.08. The van der Waals surface area contributed by atoms with Crippen LogP contribution in [0.25, 0.3) is 0 Å². The second-order valence-corrected chi connectivity index (χ2v) is 4.14. The molecular weight excluding hydrogens is 202 g/mol. The number of nitrogens with zero attached hydrogens (tertiary/aromatic N) is 1. The van der Waals surface area contributed by atoms with Crippen molar-refractivity contribution < 1.29 is 13.2 Å². The summed E-state index contributed by atoms with van der Waals surface area (Å²) < 4.78 is 30.5. The minimum Gasteiger partial charge on any atom is -0.428 e. The van der Waals surface area contributed by atoms with Gasteiger partial charge in [0.15, 0.2) is 5.69 Å². The Morgan fingerprint density at radius 1 is 1.40 bits per heavy atom. The number of anilines is 1.